The Morgan fingerprint density at radius 2 is 2.00 bits per heavy atom. The number of hydrogen-bond acceptors (Lipinski definition) is 5. The first kappa shape index (κ1) is 19.9. The standard InChI is InChI=1S/C21H31N3O3S/c25-20(17-7-13-28-15-17)22-8-10-24(18-5-11-27-12-6-18)19-2-1-9-23(14-19)21(26)16-3-4-16/h7,13,15-16,18-19H,1-6,8-12,14H2,(H,22,25). The van der Waals surface area contributed by atoms with Crippen LogP contribution in [0.25, 0.3) is 0 Å². The zero-order valence-corrected chi connectivity index (χ0v) is 17.3. The van der Waals surface area contributed by atoms with E-state index in [1.54, 1.807) is 11.3 Å². The van der Waals surface area contributed by atoms with Crippen LogP contribution in [0.4, 0.5) is 0 Å². The molecule has 0 spiro atoms. The molecule has 0 bridgehead atoms. The van der Waals surface area contributed by atoms with Crippen LogP contribution in [0.2, 0.25) is 0 Å². The number of nitrogens with zero attached hydrogens (tertiary/aromatic N) is 2. The van der Waals surface area contributed by atoms with Crippen LogP contribution in [0.5, 0.6) is 0 Å². The second kappa shape index (κ2) is 9.37. The normalized spacial score (nSPS) is 23.8. The van der Waals surface area contributed by atoms with Gasteiger partial charge >= 0.3 is 0 Å². The van der Waals surface area contributed by atoms with Gasteiger partial charge in [0.25, 0.3) is 5.91 Å². The monoisotopic (exact) mass is 405 g/mol. The number of rotatable bonds is 7. The van der Waals surface area contributed by atoms with Crippen molar-refractivity contribution in [2.75, 3.05) is 39.4 Å². The summed E-state index contributed by atoms with van der Waals surface area (Å²) in [7, 11) is 0. The predicted octanol–water partition coefficient (Wildman–Crippen LogP) is 2.36. The van der Waals surface area contributed by atoms with E-state index in [9.17, 15) is 9.59 Å². The average Bonchev–Trinajstić information content (AvgIpc) is 3.44. The van der Waals surface area contributed by atoms with E-state index in [-0.39, 0.29) is 5.91 Å². The van der Waals surface area contributed by atoms with Crippen LogP contribution in [-0.4, -0.2) is 73.1 Å². The van der Waals surface area contributed by atoms with Gasteiger partial charge in [0.05, 0.1) is 0 Å². The van der Waals surface area contributed by atoms with Crippen molar-refractivity contribution in [3.8, 4) is 0 Å². The number of thiophene rings is 1. The molecule has 1 N–H and O–H groups in total. The Balaban J connectivity index is 1.36. The third-order valence-electron chi connectivity index (χ3n) is 6.20. The summed E-state index contributed by atoms with van der Waals surface area (Å²) in [6.07, 6.45) is 6.40. The fourth-order valence-electron chi connectivity index (χ4n) is 4.49. The summed E-state index contributed by atoms with van der Waals surface area (Å²) in [5.74, 6) is 0.657. The van der Waals surface area contributed by atoms with Gasteiger partial charge in [0, 0.05) is 68.3 Å². The molecule has 1 aliphatic carbocycles. The van der Waals surface area contributed by atoms with Crippen LogP contribution in [0.15, 0.2) is 16.8 Å². The molecule has 3 aliphatic rings. The molecule has 1 aromatic rings. The molecule has 3 heterocycles. The van der Waals surface area contributed by atoms with Gasteiger partial charge < -0.3 is 15.0 Å². The maximum absolute atomic E-state index is 12.6. The van der Waals surface area contributed by atoms with E-state index in [0.717, 1.165) is 76.9 Å². The lowest BCUT2D eigenvalue weighted by atomic mass is 9.98. The molecule has 1 atom stereocenters. The Hall–Kier alpha value is -1.44. The number of nitrogens with one attached hydrogen (secondary N) is 1. The molecule has 28 heavy (non-hydrogen) atoms. The zero-order valence-electron chi connectivity index (χ0n) is 16.5. The molecule has 0 radical (unpaired) electrons. The van der Waals surface area contributed by atoms with E-state index >= 15 is 0 Å². The Morgan fingerprint density at radius 3 is 2.71 bits per heavy atom. The number of carbonyl (C=O) groups excluding carboxylic acids is 2. The maximum atomic E-state index is 12.6. The number of carbonyl (C=O) groups is 2. The highest BCUT2D eigenvalue weighted by molar-refractivity contribution is 7.08. The molecule has 3 fully saturated rings. The fourth-order valence-corrected chi connectivity index (χ4v) is 5.12. The Labute approximate surface area is 171 Å². The third-order valence-corrected chi connectivity index (χ3v) is 6.89. The summed E-state index contributed by atoms with van der Waals surface area (Å²) >= 11 is 1.54. The molecule has 1 unspecified atom stereocenters. The predicted molar refractivity (Wildman–Crippen MR) is 110 cm³/mol. The Bertz CT molecular complexity index is 656. The molecule has 2 aliphatic heterocycles. The lowest BCUT2D eigenvalue weighted by Gasteiger charge is -2.44. The lowest BCUT2D eigenvalue weighted by molar-refractivity contribution is -0.135. The topological polar surface area (TPSA) is 61.9 Å². The second-order valence-electron chi connectivity index (χ2n) is 8.20. The van der Waals surface area contributed by atoms with Crippen molar-refractivity contribution in [3.63, 3.8) is 0 Å². The first-order valence-electron chi connectivity index (χ1n) is 10.6. The quantitative estimate of drug-likeness (QED) is 0.757. The van der Waals surface area contributed by atoms with Gasteiger partial charge in [-0.1, -0.05) is 0 Å². The molecule has 7 heteroatoms. The number of hydrogen-bond donors (Lipinski definition) is 1. The molecular weight excluding hydrogens is 374 g/mol. The molecular formula is C21H31N3O3S. The molecule has 0 aromatic carbocycles. The average molecular weight is 406 g/mol. The van der Waals surface area contributed by atoms with Crippen molar-refractivity contribution < 1.29 is 14.3 Å². The number of piperidine rings is 1. The summed E-state index contributed by atoms with van der Waals surface area (Å²) in [6, 6.07) is 2.73. The Morgan fingerprint density at radius 1 is 1.18 bits per heavy atom. The lowest BCUT2D eigenvalue weighted by Crippen LogP contribution is -2.55. The molecule has 1 saturated carbocycles. The zero-order chi connectivity index (χ0) is 19.3. The van der Waals surface area contributed by atoms with E-state index < -0.39 is 0 Å². The third kappa shape index (κ3) is 4.93. The number of amides is 2. The van der Waals surface area contributed by atoms with E-state index in [1.807, 2.05) is 16.8 Å². The highest BCUT2D eigenvalue weighted by Crippen LogP contribution is 2.32. The van der Waals surface area contributed by atoms with Gasteiger partial charge in [0.15, 0.2) is 0 Å². The first-order chi connectivity index (χ1) is 13.7. The molecule has 154 valence electrons. The van der Waals surface area contributed by atoms with Crippen molar-refractivity contribution in [1.29, 1.82) is 0 Å². The van der Waals surface area contributed by atoms with Crippen LogP contribution in [0.1, 0.15) is 48.9 Å². The van der Waals surface area contributed by atoms with Crippen LogP contribution in [0, 0.1) is 5.92 Å². The summed E-state index contributed by atoms with van der Waals surface area (Å²) in [5, 5.41) is 6.88. The number of likely N-dealkylation sites (tertiary alicyclic amines) is 1. The van der Waals surface area contributed by atoms with Crippen molar-refractivity contribution in [2.45, 2.75) is 50.6 Å². The van der Waals surface area contributed by atoms with Crippen molar-refractivity contribution in [2.24, 2.45) is 5.92 Å². The van der Waals surface area contributed by atoms with Gasteiger partial charge in [-0.2, -0.15) is 11.3 Å². The summed E-state index contributed by atoms with van der Waals surface area (Å²) in [6.45, 7) is 4.82. The summed E-state index contributed by atoms with van der Waals surface area (Å²) < 4.78 is 5.57. The minimum absolute atomic E-state index is 0.00218. The Kier molecular flexibility index (Phi) is 6.65. The van der Waals surface area contributed by atoms with Crippen molar-refractivity contribution >= 4 is 23.2 Å². The smallest absolute Gasteiger partial charge is 0.252 e. The van der Waals surface area contributed by atoms with Crippen LogP contribution in [0.3, 0.4) is 0 Å². The largest absolute Gasteiger partial charge is 0.381 e. The number of ether oxygens (including phenoxy) is 1. The minimum atomic E-state index is 0.00218. The van der Waals surface area contributed by atoms with Gasteiger partial charge in [-0.3, -0.25) is 14.5 Å². The van der Waals surface area contributed by atoms with E-state index in [2.05, 4.69) is 15.1 Å². The fraction of sp³-hybridized carbons (Fsp3) is 0.714. The SMILES string of the molecule is O=C(NCCN(C1CCOCC1)C1CCCN(C(=O)C2CC2)C1)c1ccsc1. The van der Waals surface area contributed by atoms with Gasteiger partial charge in [0.2, 0.25) is 5.91 Å². The minimum Gasteiger partial charge on any atom is -0.381 e. The second-order valence-corrected chi connectivity index (χ2v) is 8.98. The van der Waals surface area contributed by atoms with E-state index in [1.165, 1.54) is 0 Å². The van der Waals surface area contributed by atoms with Crippen molar-refractivity contribution in [3.05, 3.63) is 22.4 Å². The molecule has 1 aromatic heterocycles. The molecule has 6 nitrogen and oxygen atoms in total. The van der Waals surface area contributed by atoms with Gasteiger partial charge in [-0.15, -0.1) is 0 Å². The van der Waals surface area contributed by atoms with Crippen LogP contribution in [-0.2, 0) is 9.53 Å². The summed E-state index contributed by atoms with van der Waals surface area (Å²) in [4.78, 5) is 29.5. The van der Waals surface area contributed by atoms with Crippen LogP contribution < -0.4 is 5.32 Å². The highest BCUT2D eigenvalue weighted by atomic mass is 32.1. The van der Waals surface area contributed by atoms with E-state index in [0.29, 0.717) is 30.5 Å². The van der Waals surface area contributed by atoms with Crippen LogP contribution >= 0.6 is 11.3 Å². The van der Waals surface area contributed by atoms with E-state index in [4.69, 9.17) is 4.74 Å². The maximum Gasteiger partial charge on any atom is 0.252 e. The van der Waals surface area contributed by atoms with Crippen molar-refractivity contribution in [1.82, 2.24) is 15.1 Å². The molecule has 4 rings (SSSR count). The van der Waals surface area contributed by atoms with Gasteiger partial charge in [-0.25, -0.2) is 0 Å². The summed E-state index contributed by atoms with van der Waals surface area (Å²) in [5.41, 5.74) is 0.737. The van der Waals surface area contributed by atoms with Gasteiger partial charge in [-0.05, 0) is 50.0 Å². The highest BCUT2D eigenvalue weighted by Gasteiger charge is 2.37. The molecule has 2 saturated heterocycles. The molecule has 2 amide bonds. The first-order valence-corrected chi connectivity index (χ1v) is 11.6. The van der Waals surface area contributed by atoms with Gasteiger partial charge in [0.1, 0.15) is 0 Å².